The molecule has 1 saturated carbocycles. The van der Waals surface area contributed by atoms with Crippen LogP contribution in [-0.4, -0.2) is 34.6 Å². The number of halogens is 1. The second kappa shape index (κ2) is 8.28. The summed E-state index contributed by atoms with van der Waals surface area (Å²) in [5.41, 5.74) is -0.177. The number of carbonyl (C=O) groups excluding carboxylic acids is 1. The van der Waals surface area contributed by atoms with E-state index in [-0.39, 0.29) is 33.7 Å². The maximum atomic E-state index is 13.9. The number of methoxy groups -OCH3 is 2. The van der Waals surface area contributed by atoms with E-state index >= 15 is 0 Å². The molecule has 1 atom stereocenters. The molecule has 0 spiro atoms. The minimum atomic E-state index is -4.19. The Hall–Kier alpha value is -2.81. The van der Waals surface area contributed by atoms with Crippen LogP contribution in [0.1, 0.15) is 30.1 Å². The summed E-state index contributed by atoms with van der Waals surface area (Å²) in [5, 5.41) is 2.87. The zero-order valence-electron chi connectivity index (χ0n) is 16.4. The van der Waals surface area contributed by atoms with Crippen molar-refractivity contribution in [3.8, 4) is 11.5 Å². The molecule has 0 aliphatic heterocycles. The number of amides is 1. The molecule has 0 radical (unpaired) electrons. The van der Waals surface area contributed by atoms with Gasteiger partial charge >= 0.3 is 0 Å². The topological polar surface area (TPSA) is 93.7 Å². The lowest BCUT2D eigenvalue weighted by Crippen LogP contribution is -2.34. The fraction of sp³-hybridized carbons (Fsp3) is 0.350. The molecule has 2 aromatic carbocycles. The SMILES string of the molecule is COc1cc(S(=O)(=O)Nc2ccccc2F)cc(C(=O)N[C@@H](C)C2CC2)c1OC. The van der Waals surface area contributed by atoms with Gasteiger partial charge in [0.15, 0.2) is 11.5 Å². The molecular weight excluding hydrogens is 399 g/mol. The summed E-state index contributed by atoms with van der Waals surface area (Å²) in [4.78, 5) is 12.6. The third-order valence-electron chi connectivity index (χ3n) is 4.81. The molecule has 0 unspecified atom stereocenters. The Morgan fingerprint density at radius 2 is 1.86 bits per heavy atom. The first-order chi connectivity index (χ1) is 13.8. The highest BCUT2D eigenvalue weighted by atomic mass is 32.2. The van der Waals surface area contributed by atoms with E-state index in [2.05, 4.69) is 10.0 Å². The first-order valence-corrected chi connectivity index (χ1v) is 10.6. The number of rotatable bonds is 8. The minimum Gasteiger partial charge on any atom is -0.493 e. The molecule has 1 fully saturated rings. The van der Waals surface area contributed by atoms with Crippen LogP contribution in [0.4, 0.5) is 10.1 Å². The van der Waals surface area contributed by atoms with Gasteiger partial charge in [0.1, 0.15) is 5.82 Å². The number of hydrogen-bond donors (Lipinski definition) is 2. The van der Waals surface area contributed by atoms with Crippen molar-refractivity contribution in [2.24, 2.45) is 5.92 Å². The number of ether oxygens (including phenoxy) is 2. The van der Waals surface area contributed by atoms with Crippen molar-refractivity contribution >= 4 is 21.6 Å². The standard InChI is InChI=1S/C20H23FN2O5S/c1-12(13-8-9-13)22-20(24)15-10-14(11-18(27-2)19(15)28-3)29(25,26)23-17-7-5-4-6-16(17)21/h4-7,10-13,23H,8-9H2,1-3H3,(H,22,24)/t12-/m0/s1. The second-order valence-electron chi connectivity index (χ2n) is 6.89. The summed E-state index contributed by atoms with van der Waals surface area (Å²) >= 11 is 0. The van der Waals surface area contributed by atoms with Crippen molar-refractivity contribution in [3.63, 3.8) is 0 Å². The van der Waals surface area contributed by atoms with E-state index in [9.17, 15) is 17.6 Å². The summed E-state index contributed by atoms with van der Waals surface area (Å²) in [6.07, 6.45) is 2.09. The first kappa shape index (κ1) is 20.9. The molecule has 1 amide bonds. The van der Waals surface area contributed by atoms with Gasteiger partial charge in [-0.25, -0.2) is 12.8 Å². The van der Waals surface area contributed by atoms with Crippen LogP contribution in [0.2, 0.25) is 0 Å². The van der Waals surface area contributed by atoms with Gasteiger partial charge in [-0.3, -0.25) is 9.52 Å². The molecule has 0 saturated heterocycles. The maximum absolute atomic E-state index is 13.9. The Bertz CT molecular complexity index is 1020. The van der Waals surface area contributed by atoms with Crippen molar-refractivity contribution in [2.45, 2.75) is 30.7 Å². The van der Waals surface area contributed by atoms with E-state index in [0.717, 1.165) is 18.9 Å². The Labute approximate surface area is 169 Å². The van der Waals surface area contributed by atoms with Gasteiger partial charge in [-0.15, -0.1) is 0 Å². The summed E-state index contributed by atoms with van der Waals surface area (Å²) in [6, 6.07) is 7.78. The van der Waals surface area contributed by atoms with Crippen molar-refractivity contribution in [1.82, 2.24) is 5.32 Å². The number of carbonyl (C=O) groups is 1. The maximum Gasteiger partial charge on any atom is 0.262 e. The first-order valence-electron chi connectivity index (χ1n) is 9.11. The van der Waals surface area contributed by atoms with Crippen LogP contribution in [0.15, 0.2) is 41.3 Å². The van der Waals surface area contributed by atoms with Crippen LogP contribution in [0.3, 0.4) is 0 Å². The summed E-state index contributed by atoms with van der Waals surface area (Å²) in [6.45, 7) is 1.90. The van der Waals surface area contributed by atoms with Gasteiger partial charge in [0.05, 0.1) is 30.4 Å². The molecule has 1 aliphatic rings. The Balaban J connectivity index is 2.00. The van der Waals surface area contributed by atoms with E-state index in [1.807, 2.05) is 6.92 Å². The quantitative estimate of drug-likeness (QED) is 0.682. The fourth-order valence-electron chi connectivity index (χ4n) is 3.01. The molecule has 0 heterocycles. The molecule has 29 heavy (non-hydrogen) atoms. The van der Waals surface area contributed by atoms with Gasteiger partial charge in [0.25, 0.3) is 15.9 Å². The largest absolute Gasteiger partial charge is 0.493 e. The molecule has 2 aromatic rings. The molecular formula is C20H23FN2O5S. The molecule has 1 aliphatic carbocycles. The number of benzene rings is 2. The highest BCUT2D eigenvalue weighted by Gasteiger charge is 2.31. The van der Waals surface area contributed by atoms with Crippen molar-refractivity contribution < 1.29 is 27.1 Å². The van der Waals surface area contributed by atoms with Gasteiger partial charge in [0.2, 0.25) is 0 Å². The normalized spacial score (nSPS) is 14.8. The highest BCUT2D eigenvalue weighted by molar-refractivity contribution is 7.92. The summed E-state index contributed by atoms with van der Waals surface area (Å²) in [7, 11) is -1.48. The molecule has 2 N–H and O–H groups in total. The monoisotopic (exact) mass is 422 g/mol. The number of hydrogen-bond acceptors (Lipinski definition) is 5. The van der Waals surface area contributed by atoms with Gasteiger partial charge in [0, 0.05) is 12.1 Å². The Morgan fingerprint density at radius 3 is 2.45 bits per heavy atom. The lowest BCUT2D eigenvalue weighted by molar-refractivity contribution is 0.0932. The molecule has 0 bridgehead atoms. The zero-order valence-corrected chi connectivity index (χ0v) is 17.2. The minimum absolute atomic E-state index is 0.0215. The average Bonchev–Trinajstić information content (AvgIpc) is 3.53. The Morgan fingerprint density at radius 1 is 1.17 bits per heavy atom. The van der Waals surface area contributed by atoms with Gasteiger partial charge in [-0.2, -0.15) is 0 Å². The van der Waals surface area contributed by atoms with Crippen LogP contribution in [0, 0.1) is 11.7 Å². The highest BCUT2D eigenvalue weighted by Crippen LogP contribution is 2.36. The summed E-state index contributed by atoms with van der Waals surface area (Å²) < 4.78 is 52.3. The Kier molecular flexibility index (Phi) is 5.97. The van der Waals surface area contributed by atoms with Gasteiger partial charge < -0.3 is 14.8 Å². The molecule has 3 rings (SSSR count). The molecule has 156 valence electrons. The third kappa shape index (κ3) is 4.61. The van der Waals surface area contributed by atoms with Crippen molar-refractivity contribution in [3.05, 3.63) is 47.8 Å². The predicted octanol–water partition coefficient (Wildman–Crippen LogP) is 3.17. The van der Waals surface area contributed by atoms with E-state index < -0.39 is 21.7 Å². The predicted molar refractivity (Wildman–Crippen MR) is 106 cm³/mol. The average molecular weight is 422 g/mol. The molecule has 7 nitrogen and oxygen atoms in total. The van der Waals surface area contributed by atoms with Crippen LogP contribution < -0.4 is 19.5 Å². The van der Waals surface area contributed by atoms with E-state index in [0.29, 0.717) is 5.92 Å². The van der Waals surface area contributed by atoms with E-state index in [1.165, 1.54) is 44.6 Å². The second-order valence-corrected chi connectivity index (χ2v) is 8.57. The third-order valence-corrected chi connectivity index (χ3v) is 6.16. The number of sulfonamides is 1. The van der Waals surface area contributed by atoms with Gasteiger partial charge in [-0.05, 0) is 43.9 Å². The number of nitrogens with one attached hydrogen (secondary N) is 2. The van der Waals surface area contributed by atoms with Crippen LogP contribution in [0.5, 0.6) is 11.5 Å². The number of anilines is 1. The van der Waals surface area contributed by atoms with E-state index in [1.54, 1.807) is 0 Å². The lowest BCUT2D eigenvalue weighted by Gasteiger charge is -2.18. The van der Waals surface area contributed by atoms with Crippen LogP contribution >= 0.6 is 0 Å². The molecule has 0 aromatic heterocycles. The van der Waals surface area contributed by atoms with Crippen molar-refractivity contribution in [2.75, 3.05) is 18.9 Å². The van der Waals surface area contributed by atoms with E-state index in [4.69, 9.17) is 9.47 Å². The van der Waals surface area contributed by atoms with Crippen LogP contribution in [-0.2, 0) is 10.0 Å². The van der Waals surface area contributed by atoms with Crippen molar-refractivity contribution in [1.29, 1.82) is 0 Å². The molecule has 9 heteroatoms. The van der Waals surface area contributed by atoms with Crippen LogP contribution in [0.25, 0.3) is 0 Å². The fourth-order valence-corrected chi connectivity index (χ4v) is 4.12. The lowest BCUT2D eigenvalue weighted by atomic mass is 10.1. The number of para-hydroxylation sites is 1. The summed E-state index contributed by atoms with van der Waals surface area (Å²) in [5.74, 6) is -0.567. The van der Waals surface area contributed by atoms with Gasteiger partial charge in [-0.1, -0.05) is 12.1 Å². The smallest absolute Gasteiger partial charge is 0.262 e. The zero-order chi connectivity index (χ0) is 21.2.